The minimum absolute atomic E-state index is 0.0867. The second-order valence-electron chi connectivity index (χ2n) is 6.89. The van der Waals surface area contributed by atoms with Gasteiger partial charge >= 0.3 is 5.97 Å². The molecule has 0 aliphatic carbocycles. The summed E-state index contributed by atoms with van der Waals surface area (Å²) in [5, 5.41) is 7.45. The van der Waals surface area contributed by atoms with Crippen molar-refractivity contribution in [2.75, 3.05) is 12.4 Å². The number of methoxy groups -OCH3 is 1. The Hall–Kier alpha value is -4.53. The van der Waals surface area contributed by atoms with Crippen LogP contribution in [-0.4, -0.2) is 34.1 Å². The lowest BCUT2D eigenvalue weighted by Gasteiger charge is -2.08. The van der Waals surface area contributed by atoms with Gasteiger partial charge < -0.3 is 19.3 Å². The van der Waals surface area contributed by atoms with Gasteiger partial charge in [0.25, 0.3) is 5.89 Å². The van der Waals surface area contributed by atoms with Crippen molar-refractivity contribution in [1.82, 2.24) is 15.1 Å². The van der Waals surface area contributed by atoms with E-state index in [0.717, 1.165) is 16.5 Å². The minimum Gasteiger partial charge on any atom is -0.495 e. The highest BCUT2D eigenvalue weighted by Gasteiger charge is 2.14. The number of nitrogens with zero attached hydrogens (tertiary/aromatic N) is 3. The number of benzene rings is 2. The molecule has 0 unspecified atom stereocenters. The molecule has 0 atom stereocenters. The maximum Gasteiger partial charge on any atom is 0.331 e. The van der Waals surface area contributed by atoms with Crippen LogP contribution in [-0.2, 0) is 27.4 Å². The molecule has 1 amide bonds. The number of esters is 1. The van der Waals surface area contributed by atoms with Crippen LogP contribution in [0.25, 0.3) is 17.0 Å². The average molecular weight is 444 g/mol. The standard InChI is InChI=1S/C24H20N4O5/c1-31-19-10-3-2-9-18(19)26-21(29)14-20-27-22(33-28-20)15-32-23(30)12-11-17-7-4-6-16-8-5-13-25-24(16)17/h2-13H,14-15H2,1H3,(H,26,29)/b12-11+. The molecule has 9 nitrogen and oxygen atoms in total. The van der Waals surface area contributed by atoms with Gasteiger partial charge in [-0.25, -0.2) is 4.79 Å². The van der Waals surface area contributed by atoms with Crippen LogP contribution in [0.3, 0.4) is 0 Å². The van der Waals surface area contributed by atoms with E-state index in [4.69, 9.17) is 14.0 Å². The van der Waals surface area contributed by atoms with Gasteiger partial charge in [0.05, 0.1) is 24.7 Å². The van der Waals surface area contributed by atoms with E-state index in [0.29, 0.717) is 11.4 Å². The number of carbonyl (C=O) groups is 2. The summed E-state index contributed by atoms with van der Waals surface area (Å²) in [6.07, 6.45) is 4.53. The predicted octanol–water partition coefficient (Wildman–Crippen LogP) is 3.56. The zero-order chi connectivity index (χ0) is 23.0. The van der Waals surface area contributed by atoms with Crippen LogP contribution in [0.15, 0.2) is 71.4 Å². The topological polar surface area (TPSA) is 116 Å². The Morgan fingerprint density at radius 3 is 2.82 bits per heavy atom. The number of para-hydroxylation sites is 3. The number of hydrogen-bond donors (Lipinski definition) is 1. The predicted molar refractivity (Wildman–Crippen MR) is 120 cm³/mol. The smallest absolute Gasteiger partial charge is 0.331 e. The summed E-state index contributed by atoms with van der Waals surface area (Å²) < 4.78 is 15.4. The summed E-state index contributed by atoms with van der Waals surface area (Å²) >= 11 is 0. The summed E-state index contributed by atoms with van der Waals surface area (Å²) in [4.78, 5) is 32.8. The third-order valence-corrected chi connectivity index (χ3v) is 4.61. The highest BCUT2D eigenvalue weighted by molar-refractivity contribution is 5.93. The number of anilines is 1. The zero-order valence-corrected chi connectivity index (χ0v) is 17.7. The SMILES string of the molecule is COc1ccccc1NC(=O)Cc1noc(COC(=O)/C=C/c2cccc3cccnc23)n1. The first-order valence-electron chi connectivity index (χ1n) is 10.1. The van der Waals surface area contributed by atoms with Crippen molar-refractivity contribution in [3.8, 4) is 5.75 Å². The Labute approximate surface area is 189 Å². The molecule has 0 fully saturated rings. The fourth-order valence-corrected chi connectivity index (χ4v) is 3.11. The summed E-state index contributed by atoms with van der Waals surface area (Å²) in [6, 6.07) is 16.5. The van der Waals surface area contributed by atoms with Crippen LogP contribution in [0.4, 0.5) is 5.69 Å². The van der Waals surface area contributed by atoms with Gasteiger partial charge in [0, 0.05) is 23.2 Å². The van der Waals surface area contributed by atoms with E-state index in [-0.39, 0.29) is 30.7 Å². The van der Waals surface area contributed by atoms with E-state index >= 15 is 0 Å². The van der Waals surface area contributed by atoms with Gasteiger partial charge in [-0.1, -0.05) is 41.6 Å². The molecule has 0 aliphatic heterocycles. The van der Waals surface area contributed by atoms with Crippen molar-refractivity contribution >= 4 is 34.5 Å². The number of fused-ring (bicyclic) bond motifs is 1. The Morgan fingerprint density at radius 2 is 1.94 bits per heavy atom. The van der Waals surface area contributed by atoms with Gasteiger partial charge in [-0.3, -0.25) is 9.78 Å². The number of nitrogens with one attached hydrogen (secondary N) is 1. The number of pyridine rings is 1. The number of hydrogen-bond acceptors (Lipinski definition) is 8. The molecule has 0 saturated heterocycles. The quantitative estimate of drug-likeness (QED) is 0.324. The molecular formula is C24H20N4O5. The molecule has 2 aromatic heterocycles. The second-order valence-corrected chi connectivity index (χ2v) is 6.89. The van der Waals surface area contributed by atoms with Crippen molar-refractivity contribution in [3.63, 3.8) is 0 Å². The number of carbonyl (C=O) groups excluding carboxylic acids is 2. The van der Waals surface area contributed by atoms with Crippen molar-refractivity contribution in [1.29, 1.82) is 0 Å². The maximum atomic E-state index is 12.3. The average Bonchev–Trinajstić information content (AvgIpc) is 3.28. The summed E-state index contributed by atoms with van der Waals surface area (Å²) in [6.45, 7) is -0.210. The molecule has 2 aromatic carbocycles. The molecule has 0 bridgehead atoms. The summed E-state index contributed by atoms with van der Waals surface area (Å²) in [5.41, 5.74) is 2.12. The molecule has 2 heterocycles. The van der Waals surface area contributed by atoms with E-state index in [2.05, 4.69) is 20.4 Å². The number of ether oxygens (including phenoxy) is 2. The molecule has 4 rings (SSSR count). The molecule has 1 N–H and O–H groups in total. The Balaban J connectivity index is 1.30. The molecule has 4 aromatic rings. The monoisotopic (exact) mass is 444 g/mol. The van der Waals surface area contributed by atoms with Crippen LogP contribution in [0.5, 0.6) is 5.75 Å². The molecular weight excluding hydrogens is 424 g/mol. The van der Waals surface area contributed by atoms with Crippen LogP contribution in [0.2, 0.25) is 0 Å². The first-order chi connectivity index (χ1) is 16.1. The van der Waals surface area contributed by atoms with E-state index < -0.39 is 5.97 Å². The first-order valence-corrected chi connectivity index (χ1v) is 10.1. The highest BCUT2D eigenvalue weighted by Crippen LogP contribution is 2.23. The summed E-state index contributed by atoms with van der Waals surface area (Å²) in [7, 11) is 1.52. The van der Waals surface area contributed by atoms with E-state index in [9.17, 15) is 9.59 Å². The normalized spacial score (nSPS) is 10.9. The Kier molecular flexibility index (Phi) is 6.70. The number of aromatic nitrogens is 3. The van der Waals surface area contributed by atoms with Gasteiger partial charge in [-0.2, -0.15) is 4.98 Å². The van der Waals surface area contributed by atoms with Gasteiger partial charge in [-0.05, 0) is 24.3 Å². The van der Waals surface area contributed by atoms with E-state index in [1.165, 1.54) is 13.2 Å². The Bertz CT molecular complexity index is 1310. The van der Waals surface area contributed by atoms with Crippen molar-refractivity contribution in [3.05, 3.63) is 84.1 Å². The van der Waals surface area contributed by atoms with Crippen LogP contribution in [0, 0.1) is 0 Å². The van der Waals surface area contributed by atoms with Crippen molar-refractivity contribution in [2.24, 2.45) is 0 Å². The van der Waals surface area contributed by atoms with Crippen molar-refractivity contribution < 1.29 is 23.6 Å². The summed E-state index contributed by atoms with van der Waals surface area (Å²) in [5.74, 6) is -0.111. The fourth-order valence-electron chi connectivity index (χ4n) is 3.11. The van der Waals surface area contributed by atoms with Crippen molar-refractivity contribution in [2.45, 2.75) is 13.0 Å². The molecule has 9 heteroatoms. The van der Waals surface area contributed by atoms with E-state index in [1.807, 2.05) is 30.3 Å². The third-order valence-electron chi connectivity index (χ3n) is 4.61. The first kappa shape index (κ1) is 21.7. The highest BCUT2D eigenvalue weighted by atomic mass is 16.6. The van der Waals surface area contributed by atoms with Gasteiger partial charge in [-0.15, -0.1) is 0 Å². The van der Waals surface area contributed by atoms with Crippen LogP contribution >= 0.6 is 0 Å². The zero-order valence-electron chi connectivity index (χ0n) is 17.7. The van der Waals surface area contributed by atoms with Gasteiger partial charge in [0.2, 0.25) is 5.91 Å². The number of rotatable bonds is 8. The molecule has 166 valence electrons. The molecule has 0 saturated carbocycles. The van der Waals surface area contributed by atoms with Gasteiger partial charge in [0.1, 0.15) is 5.75 Å². The minimum atomic E-state index is -0.573. The van der Waals surface area contributed by atoms with E-state index in [1.54, 1.807) is 36.5 Å². The van der Waals surface area contributed by atoms with Gasteiger partial charge in [0.15, 0.2) is 12.4 Å². The molecule has 0 aliphatic rings. The Morgan fingerprint density at radius 1 is 1.09 bits per heavy atom. The maximum absolute atomic E-state index is 12.3. The lowest BCUT2D eigenvalue weighted by Crippen LogP contribution is -2.15. The third kappa shape index (κ3) is 5.59. The van der Waals surface area contributed by atoms with Crippen LogP contribution < -0.4 is 10.1 Å². The number of amides is 1. The molecule has 0 radical (unpaired) electrons. The van der Waals surface area contributed by atoms with Crippen LogP contribution in [0.1, 0.15) is 17.3 Å². The lowest BCUT2D eigenvalue weighted by atomic mass is 10.1. The second kappa shape index (κ2) is 10.2. The largest absolute Gasteiger partial charge is 0.495 e. The molecule has 33 heavy (non-hydrogen) atoms. The fraction of sp³-hybridized carbons (Fsp3) is 0.125. The molecule has 0 spiro atoms. The lowest BCUT2D eigenvalue weighted by molar-refractivity contribution is -0.139.